The largest absolute Gasteiger partial charge is 0.494 e. The fraction of sp³-hybridized carbons (Fsp3) is 0.375. The lowest BCUT2D eigenvalue weighted by Gasteiger charge is -2.35. The minimum absolute atomic E-state index is 0.109. The van der Waals surface area contributed by atoms with Crippen LogP contribution in [0.15, 0.2) is 47.6 Å². The summed E-state index contributed by atoms with van der Waals surface area (Å²) in [4.78, 5) is 29.4. The van der Waals surface area contributed by atoms with Crippen LogP contribution in [-0.2, 0) is 16.1 Å². The molecule has 32 heavy (non-hydrogen) atoms. The molecule has 2 aliphatic heterocycles. The normalized spacial score (nSPS) is 17.3. The van der Waals surface area contributed by atoms with Crippen molar-refractivity contribution in [3.05, 3.63) is 59.4 Å². The number of amides is 2. The standard InChI is InChI=1S/C24H27FN4O3/c1-17-3-6-19(7-4-17)29-23(30)10-8-21(26-29)24(31)28-13-11-27(12-14-28)16-18-5-9-22(32-2)20(25)15-18/h3-7,9,15H,8,10-14,16H2,1-2H3. The van der Waals surface area contributed by atoms with Crippen LogP contribution in [0, 0.1) is 12.7 Å². The summed E-state index contributed by atoms with van der Waals surface area (Å²) in [5, 5.41) is 5.73. The molecular weight excluding hydrogens is 411 g/mol. The van der Waals surface area contributed by atoms with Gasteiger partial charge in [0.25, 0.3) is 5.91 Å². The molecule has 0 saturated carbocycles. The van der Waals surface area contributed by atoms with Crippen molar-refractivity contribution in [3.63, 3.8) is 0 Å². The number of halogens is 1. The fourth-order valence-corrected chi connectivity index (χ4v) is 3.95. The molecule has 0 N–H and O–H groups in total. The topological polar surface area (TPSA) is 65.5 Å². The maximum absolute atomic E-state index is 13.9. The number of nitrogens with zero attached hydrogens (tertiary/aromatic N) is 4. The van der Waals surface area contributed by atoms with E-state index in [0.717, 1.165) is 11.1 Å². The Morgan fingerprint density at radius 2 is 1.78 bits per heavy atom. The Morgan fingerprint density at radius 3 is 2.44 bits per heavy atom. The maximum atomic E-state index is 13.9. The SMILES string of the molecule is COc1ccc(CN2CCN(C(=O)C3=NN(c4ccc(C)cc4)C(=O)CC3)CC2)cc1F. The van der Waals surface area contributed by atoms with Crippen LogP contribution < -0.4 is 9.75 Å². The average Bonchev–Trinajstić information content (AvgIpc) is 2.80. The molecule has 0 aromatic heterocycles. The predicted octanol–water partition coefficient (Wildman–Crippen LogP) is 2.97. The van der Waals surface area contributed by atoms with E-state index >= 15 is 0 Å². The van der Waals surface area contributed by atoms with Gasteiger partial charge in [0, 0.05) is 45.6 Å². The summed E-state index contributed by atoms with van der Waals surface area (Å²) in [5.74, 6) is -0.371. The van der Waals surface area contributed by atoms with E-state index in [2.05, 4.69) is 10.0 Å². The first-order chi connectivity index (χ1) is 15.4. The van der Waals surface area contributed by atoms with E-state index in [1.165, 1.54) is 18.2 Å². The van der Waals surface area contributed by atoms with Gasteiger partial charge in [0.1, 0.15) is 5.71 Å². The Hall–Kier alpha value is -3.26. The summed E-state index contributed by atoms with van der Waals surface area (Å²) in [7, 11) is 1.45. The van der Waals surface area contributed by atoms with E-state index in [9.17, 15) is 14.0 Å². The van der Waals surface area contributed by atoms with Gasteiger partial charge in [-0.25, -0.2) is 9.40 Å². The number of hydrogen-bond donors (Lipinski definition) is 0. The van der Waals surface area contributed by atoms with E-state index in [1.54, 1.807) is 11.0 Å². The van der Waals surface area contributed by atoms with Gasteiger partial charge in [-0.15, -0.1) is 0 Å². The Kier molecular flexibility index (Phi) is 6.50. The number of ether oxygens (including phenoxy) is 1. The monoisotopic (exact) mass is 438 g/mol. The number of carbonyl (C=O) groups is 2. The summed E-state index contributed by atoms with van der Waals surface area (Å²) in [6, 6.07) is 12.5. The van der Waals surface area contributed by atoms with Gasteiger partial charge in [-0.2, -0.15) is 5.10 Å². The van der Waals surface area contributed by atoms with Crippen molar-refractivity contribution < 1.29 is 18.7 Å². The number of rotatable bonds is 5. The fourth-order valence-electron chi connectivity index (χ4n) is 3.95. The highest BCUT2D eigenvalue weighted by Gasteiger charge is 2.30. The number of hydrogen-bond acceptors (Lipinski definition) is 5. The molecule has 168 valence electrons. The lowest BCUT2D eigenvalue weighted by molar-refractivity contribution is -0.126. The van der Waals surface area contributed by atoms with Crippen molar-refractivity contribution in [2.24, 2.45) is 5.10 Å². The van der Waals surface area contributed by atoms with Crippen LogP contribution in [0.1, 0.15) is 24.0 Å². The minimum Gasteiger partial charge on any atom is -0.494 e. The van der Waals surface area contributed by atoms with Crippen LogP contribution >= 0.6 is 0 Å². The summed E-state index contributed by atoms with van der Waals surface area (Å²) >= 11 is 0. The van der Waals surface area contributed by atoms with E-state index in [1.807, 2.05) is 37.3 Å². The lowest BCUT2D eigenvalue weighted by atomic mass is 10.1. The molecule has 8 heteroatoms. The summed E-state index contributed by atoms with van der Waals surface area (Å²) < 4.78 is 18.9. The predicted molar refractivity (Wildman–Crippen MR) is 120 cm³/mol. The third-order valence-electron chi connectivity index (χ3n) is 5.84. The Balaban J connectivity index is 1.37. The van der Waals surface area contributed by atoms with Crippen molar-refractivity contribution in [2.75, 3.05) is 38.3 Å². The Bertz CT molecular complexity index is 1030. The number of anilines is 1. The summed E-state index contributed by atoms with van der Waals surface area (Å²) in [6.45, 7) is 5.09. The third-order valence-corrected chi connectivity index (χ3v) is 5.84. The molecule has 1 fully saturated rings. The molecule has 0 spiro atoms. The number of hydrazone groups is 1. The van der Waals surface area contributed by atoms with Gasteiger partial charge in [-0.3, -0.25) is 14.5 Å². The van der Waals surface area contributed by atoms with Gasteiger partial charge in [-0.1, -0.05) is 23.8 Å². The highest BCUT2D eigenvalue weighted by molar-refractivity contribution is 6.40. The molecule has 2 aromatic rings. The molecule has 0 bridgehead atoms. The molecule has 7 nitrogen and oxygen atoms in total. The molecule has 0 atom stereocenters. The quantitative estimate of drug-likeness (QED) is 0.720. The smallest absolute Gasteiger partial charge is 0.270 e. The third kappa shape index (κ3) is 4.80. The zero-order chi connectivity index (χ0) is 22.7. The number of aryl methyl sites for hydroxylation is 1. The van der Waals surface area contributed by atoms with Crippen molar-refractivity contribution in [1.82, 2.24) is 9.80 Å². The van der Waals surface area contributed by atoms with Gasteiger partial charge >= 0.3 is 0 Å². The van der Waals surface area contributed by atoms with Crippen LogP contribution in [-0.4, -0.2) is 60.6 Å². The molecule has 0 radical (unpaired) electrons. The van der Waals surface area contributed by atoms with E-state index in [4.69, 9.17) is 4.74 Å². The van der Waals surface area contributed by atoms with Crippen LogP contribution in [0.4, 0.5) is 10.1 Å². The highest BCUT2D eigenvalue weighted by atomic mass is 19.1. The Labute approximate surface area is 187 Å². The van der Waals surface area contributed by atoms with E-state index in [-0.39, 0.29) is 29.8 Å². The van der Waals surface area contributed by atoms with Gasteiger partial charge in [0.15, 0.2) is 11.6 Å². The van der Waals surface area contributed by atoms with Crippen molar-refractivity contribution >= 4 is 23.2 Å². The summed E-state index contributed by atoms with van der Waals surface area (Å²) in [5.41, 5.74) is 3.04. The molecule has 2 heterocycles. The van der Waals surface area contributed by atoms with Gasteiger partial charge in [0.05, 0.1) is 12.8 Å². The molecule has 0 aliphatic carbocycles. The zero-order valence-electron chi connectivity index (χ0n) is 18.4. The lowest BCUT2D eigenvalue weighted by Crippen LogP contribution is -2.51. The van der Waals surface area contributed by atoms with Crippen molar-refractivity contribution in [1.29, 1.82) is 0 Å². The number of benzene rings is 2. The van der Waals surface area contributed by atoms with Crippen LogP contribution in [0.5, 0.6) is 5.75 Å². The highest BCUT2D eigenvalue weighted by Crippen LogP contribution is 2.22. The zero-order valence-corrected chi connectivity index (χ0v) is 18.4. The van der Waals surface area contributed by atoms with Gasteiger partial charge in [-0.05, 0) is 36.8 Å². The van der Waals surface area contributed by atoms with Crippen LogP contribution in [0.25, 0.3) is 0 Å². The van der Waals surface area contributed by atoms with Gasteiger partial charge in [0.2, 0.25) is 5.91 Å². The second kappa shape index (κ2) is 9.48. The first-order valence-corrected chi connectivity index (χ1v) is 10.8. The first kappa shape index (κ1) is 22.0. The van der Waals surface area contributed by atoms with E-state index in [0.29, 0.717) is 50.5 Å². The molecule has 2 aromatic carbocycles. The molecule has 2 aliphatic rings. The Morgan fingerprint density at radius 1 is 1.06 bits per heavy atom. The molecule has 4 rings (SSSR count). The van der Waals surface area contributed by atoms with Crippen LogP contribution in [0.2, 0.25) is 0 Å². The average molecular weight is 439 g/mol. The molecular formula is C24H27FN4O3. The summed E-state index contributed by atoms with van der Waals surface area (Å²) in [6.07, 6.45) is 0.618. The first-order valence-electron chi connectivity index (χ1n) is 10.8. The number of piperazine rings is 1. The van der Waals surface area contributed by atoms with Gasteiger partial charge < -0.3 is 9.64 Å². The van der Waals surface area contributed by atoms with Crippen LogP contribution in [0.3, 0.4) is 0 Å². The number of methoxy groups -OCH3 is 1. The number of carbonyl (C=O) groups excluding carboxylic acids is 2. The molecule has 1 saturated heterocycles. The van der Waals surface area contributed by atoms with Crippen molar-refractivity contribution in [2.45, 2.75) is 26.3 Å². The van der Waals surface area contributed by atoms with E-state index < -0.39 is 0 Å². The maximum Gasteiger partial charge on any atom is 0.270 e. The molecule has 0 unspecified atom stereocenters. The minimum atomic E-state index is -0.373. The molecule has 2 amide bonds. The van der Waals surface area contributed by atoms with Crippen molar-refractivity contribution in [3.8, 4) is 5.75 Å². The second-order valence-corrected chi connectivity index (χ2v) is 8.13. The second-order valence-electron chi connectivity index (χ2n) is 8.13.